The van der Waals surface area contributed by atoms with Crippen LogP contribution in [0.15, 0.2) is 18.2 Å². The van der Waals surface area contributed by atoms with Gasteiger partial charge < -0.3 is 20.5 Å². The third kappa shape index (κ3) is 4.75. The second-order valence-corrected chi connectivity index (χ2v) is 4.22. The molecule has 0 aromatic heterocycles. The van der Waals surface area contributed by atoms with E-state index in [1.807, 2.05) is 6.92 Å². The lowest BCUT2D eigenvalue weighted by Gasteiger charge is -2.11. The number of amides is 1. The van der Waals surface area contributed by atoms with Gasteiger partial charge >= 0.3 is 0 Å². The van der Waals surface area contributed by atoms with Crippen LogP contribution in [0.1, 0.15) is 18.9 Å². The standard InChI is InChI=1S/C13H18N2O3S/c1-3-15-12(16)6-7-18-10-5-4-9(13(14)19)8-11(10)17-2/h4-5,8H,3,6-7H2,1-2H3,(H2,14,19)(H,15,16). The summed E-state index contributed by atoms with van der Waals surface area (Å²) in [5, 5.41) is 2.70. The molecule has 0 aliphatic carbocycles. The fourth-order valence-corrected chi connectivity index (χ4v) is 1.61. The van der Waals surface area contributed by atoms with E-state index in [2.05, 4.69) is 5.32 Å². The van der Waals surface area contributed by atoms with Gasteiger partial charge in [-0.25, -0.2) is 0 Å². The lowest BCUT2D eigenvalue weighted by atomic mass is 10.2. The third-order valence-corrected chi connectivity index (χ3v) is 2.64. The van der Waals surface area contributed by atoms with Crippen LogP contribution in [-0.2, 0) is 4.79 Å². The number of nitrogens with one attached hydrogen (secondary N) is 1. The van der Waals surface area contributed by atoms with Crippen LogP contribution in [0, 0.1) is 0 Å². The number of thiocarbonyl (C=S) groups is 1. The molecule has 0 unspecified atom stereocenters. The van der Waals surface area contributed by atoms with Crippen LogP contribution < -0.4 is 20.5 Å². The molecule has 0 fully saturated rings. The summed E-state index contributed by atoms with van der Waals surface area (Å²) >= 11 is 4.89. The Balaban J connectivity index is 2.63. The highest BCUT2D eigenvalue weighted by Crippen LogP contribution is 2.28. The van der Waals surface area contributed by atoms with Gasteiger partial charge in [-0.3, -0.25) is 4.79 Å². The predicted molar refractivity (Wildman–Crippen MR) is 77.7 cm³/mol. The number of benzene rings is 1. The molecule has 0 aliphatic heterocycles. The predicted octanol–water partition coefficient (Wildman–Crippen LogP) is 1.23. The first-order valence-electron chi connectivity index (χ1n) is 5.95. The minimum atomic E-state index is -0.0405. The normalized spacial score (nSPS) is 9.79. The van der Waals surface area contributed by atoms with Gasteiger partial charge in [-0.05, 0) is 25.1 Å². The molecule has 0 saturated heterocycles. The van der Waals surface area contributed by atoms with Gasteiger partial charge in [0.05, 0.1) is 20.1 Å². The maximum atomic E-state index is 11.3. The molecule has 1 rings (SSSR count). The minimum Gasteiger partial charge on any atom is -0.493 e. The number of ether oxygens (including phenoxy) is 2. The number of rotatable bonds is 7. The highest BCUT2D eigenvalue weighted by molar-refractivity contribution is 7.80. The molecule has 0 radical (unpaired) electrons. The van der Waals surface area contributed by atoms with E-state index in [1.54, 1.807) is 18.2 Å². The van der Waals surface area contributed by atoms with E-state index in [1.165, 1.54) is 7.11 Å². The second-order valence-electron chi connectivity index (χ2n) is 3.78. The average molecular weight is 282 g/mol. The van der Waals surface area contributed by atoms with Gasteiger partial charge in [0.15, 0.2) is 11.5 Å². The molecular formula is C13H18N2O3S. The number of nitrogens with two attached hydrogens (primary N) is 1. The Labute approximate surface area is 118 Å². The quantitative estimate of drug-likeness (QED) is 0.736. The molecule has 0 atom stereocenters. The first kappa shape index (κ1) is 15.2. The maximum absolute atomic E-state index is 11.3. The van der Waals surface area contributed by atoms with Gasteiger partial charge in [0.1, 0.15) is 4.99 Å². The van der Waals surface area contributed by atoms with Crippen LogP contribution in [0.4, 0.5) is 0 Å². The van der Waals surface area contributed by atoms with Gasteiger partial charge in [-0.2, -0.15) is 0 Å². The molecule has 1 aromatic rings. The molecule has 1 aromatic carbocycles. The fourth-order valence-electron chi connectivity index (χ4n) is 1.48. The zero-order valence-corrected chi connectivity index (χ0v) is 11.9. The summed E-state index contributed by atoms with van der Waals surface area (Å²) in [6.45, 7) is 2.77. The molecule has 1 amide bonds. The van der Waals surface area contributed by atoms with Crippen molar-refractivity contribution < 1.29 is 14.3 Å². The number of hydrogen-bond acceptors (Lipinski definition) is 4. The molecule has 0 saturated carbocycles. The Kier molecular flexibility index (Phi) is 6.08. The molecule has 3 N–H and O–H groups in total. The summed E-state index contributed by atoms with van der Waals surface area (Å²) in [4.78, 5) is 11.6. The van der Waals surface area contributed by atoms with E-state index >= 15 is 0 Å². The molecule has 0 spiro atoms. The Morgan fingerprint density at radius 2 is 2.16 bits per heavy atom. The second kappa shape index (κ2) is 7.58. The maximum Gasteiger partial charge on any atom is 0.223 e. The Bertz CT molecular complexity index is 463. The monoisotopic (exact) mass is 282 g/mol. The molecule has 6 heteroatoms. The molecule has 0 bridgehead atoms. The summed E-state index contributed by atoms with van der Waals surface area (Å²) in [5.74, 6) is 1.06. The SMILES string of the molecule is CCNC(=O)CCOc1ccc(C(N)=S)cc1OC. The number of hydrogen-bond donors (Lipinski definition) is 2. The van der Waals surface area contributed by atoms with Gasteiger partial charge in [-0.15, -0.1) is 0 Å². The lowest BCUT2D eigenvalue weighted by molar-refractivity contribution is -0.121. The molecule has 0 aliphatic rings. The van der Waals surface area contributed by atoms with E-state index < -0.39 is 0 Å². The van der Waals surface area contributed by atoms with Gasteiger partial charge in [0, 0.05) is 12.1 Å². The Morgan fingerprint density at radius 1 is 1.42 bits per heavy atom. The Morgan fingerprint density at radius 3 is 2.74 bits per heavy atom. The van der Waals surface area contributed by atoms with Gasteiger partial charge in [-0.1, -0.05) is 12.2 Å². The molecule has 104 valence electrons. The van der Waals surface area contributed by atoms with Crippen molar-refractivity contribution in [2.45, 2.75) is 13.3 Å². The van der Waals surface area contributed by atoms with E-state index in [0.29, 0.717) is 35.0 Å². The van der Waals surface area contributed by atoms with Crippen LogP contribution in [-0.4, -0.2) is 31.2 Å². The average Bonchev–Trinajstić information content (AvgIpc) is 2.39. The topological polar surface area (TPSA) is 73.6 Å². The van der Waals surface area contributed by atoms with Gasteiger partial charge in [0.25, 0.3) is 0 Å². The zero-order chi connectivity index (χ0) is 14.3. The van der Waals surface area contributed by atoms with E-state index in [0.717, 1.165) is 0 Å². The summed E-state index contributed by atoms with van der Waals surface area (Å²) in [5.41, 5.74) is 6.25. The molecule has 0 heterocycles. The van der Waals surface area contributed by atoms with Crippen molar-refractivity contribution in [3.63, 3.8) is 0 Å². The first-order chi connectivity index (χ1) is 9.08. The summed E-state index contributed by atoms with van der Waals surface area (Å²) in [6.07, 6.45) is 0.300. The van der Waals surface area contributed by atoms with Crippen molar-refractivity contribution in [3.8, 4) is 11.5 Å². The summed E-state index contributed by atoms with van der Waals surface area (Å²) in [7, 11) is 1.54. The van der Waals surface area contributed by atoms with Crippen LogP contribution >= 0.6 is 12.2 Å². The summed E-state index contributed by atoms with van der Waals surface area (Å²) < 4.78 is 10.7. The fraction of sp³-hybridized carbons (Fsp3) is 0.385. The lowest BCUT2D eigenvalue weighted by Crippen LogP contribution is -2.24. The van der Waals surface area contributed by atoms with Crippen molar-refractivity contribution in [2.75, 3.05) is 20.3 Å². The van der Waals surface area contributed by atoms with E-state index in [9.17, 15) is 4.79 Å². The van der Waals surface area contributed by atoms with E-state index in [-0.39, 0.29) is 12.5 Å². The van der Waals surface area contributed by atoms with Crippen molar-refractivity contribution in [3.05, 3.63) is 23.8 Å². The van der Waals surface area contributed by atoms with Crippen molar-refractivity contribution >= 4 is 23.1 Å². The smallest absolute Gasteiger partial charge is 0.223 e. The third-order valence-electron chi connectivity index (χ3n) is 2.41. The van der Waals surface area contributed by atoms with Crippen LogP contribution in [0.5, 0.6) is 11.5 Å². The van der Waals surface area contributed by atoms with Gasteiger partial charge in [0.2, 0.25) is 5.91 Å². The van der Waals surface area contributed by atoms with Crippen LogP contribution in [0.25, 0.3) is 0 Å². The van der Waals surface area contributed by atoms with Crippen LogP contribution in [0.2, 0.25) is 0 Å². The largest absolute Gasteiger partial charge is 0.493 e. The number of carbonyl (C=O) groups is 1. The minimum absolute atomic E-state index is 0.0405. The van der Waals surface area contributed by atoms with Crippen molar-refractivity contribution in [1.29, 1.82) is 0 Å². The van der Waals surface area contributed by atoms with Crippen LogP contribution in [0.3, 0.4) is 0 Å². The molecule has 5 nitrogen and oxygen atoms in total. The Hall–Kier alpha value is -1.82. The van der Waals surface area contributed by atoms with E-state index in [4.69, 9.17) is 27.4 Å². The first-order valence-corrected chi connectivity index (χ1v) is 6.36. The zero-order valence-electron chi connectivity index (χ0n) is 11.1. The highest BCUT2D eigenvalue weighted by atomic mass is 32.1. The highest BCUT2D eigenvalue weighted by Gasteiger charge is 2.08. The van der Waals surface area contributed by atoms with Crippen molar-refractivity contribution in [2.24, 2.45) is 5.73 Å². The summed E-state index contributed by atoms with van der Waals surface area (Å²) in [6, 6.07) is 5.20. The van der Waals surface area contributed by atoms with Crippen molar-refractivity contribution in [1.82, 2.24) is 5.32 Å². The number of methoxy groups -OCH3 is 1. The number of carbonyl (C=O) groups excluding carboxylic acids is 1. The molecule has 19 heavy (non-hydrogen) atoms. The molecular weight excluding hydrogens is 264 g/mol.